The molecule has 3 rings (SSSR count). The summed E-state index contributed by atoms with van der Waals surface area (Å²) < 4.78 is 1.84. The molecule has 0 aliphatic heterocycles. The molecule has 0 radical (unpaired) electrons. The van der Waals surface area contributed by atoms with Crippen LogP contribution in [0.15, 0.2) is 24.3 Å². The minimum absolute atomic E-state index is 0.478. The zero-order valence-electron chi connectivity index (χ0n) is 9.22. The fraction of sp³-hybridized carbons (Fsp3) is 0.333. The van der Waals surface area contributed by atoms with E-state index in [-0.39, 0.29) is 0 Å². The Hall–Kier alpha value is -1.84. The number of hydrogen-bond acceptors (Lipinski definition) is 3. The molecule has 1 fully saturated rings. The Morgan fingerprint density at radius 2 is 1.94 bits per heavy atom. The molecule has 1 aliphatic rings. The third-order valence-corrected chi connectivity index (χ3v) is 2.95. The van der Waals surface area contributed by atoms with Gasteiger partial charge in [0.2, 0.25) is 0 Å². The van der Waals surface area contributed by atoms with E-state index in [9.17, 15) is 0 Å². The molecular weight excluding hydrogens is 200 g/mol. The van der Waals surface area contributed by atoms with E-state index in [2.05, 4.69) is 29.4 Å². The Kier molecular flexibility index (Phi) is 1.96. The standard InChI is InChI=1S/C12H14N4/c1-8-2-4-9(5-3-8)11-12(13)16(15-14-11)10-6-7-10/h2-5,10H,6-7,13H2,1H3. The summed E-state index contributed by atoms with van der Waals surface area (Å²) in [4.78, 5) is 0. The van der Waals surface area contributed by atoms with Crippen LogP contribution in [0.1, 0.15) is 24.4 Å². The molecule has 1 aliphatic carbocycles. The predicted molar refractivity (Wildman–Crippen MR) is 62.9 cm³/mol. The van der Waals surface area contributed by atoms with Crippen LogP contribution in [0.2, 0.25) is 0 Å². The minimum Gasteiger partial charge on any atom is -0.382 e. The van der Waals surface area contributed by atoms with Crippen molar-refractivity contribution in [3.63, 3.8) is 0 Å². The van der Waals surface area contributed by atoms with Crippen LogP contribution in [0.4, 0.5) is 5.82 Å². The van der Waals surface area contributed by atoms with Crippen molar-refractivity contribution in [3.8, 4) is 11.3 Å². The number of nitrogens with zero attached hydrogens (tertiary/aromatic N) is 3. The number of nitrogens with two attached hydrogens (primary N) is 1. The summed E-state index contributed by atoms with van der Waals surface area (Å²) >= 11 is 0. The Morgan fingerprint density at radius 1 is 1.25 bits per heavy atom. The molecule has 4 heteroatoms. The number of rotatable bonds is 2. The van der Waals surface area contributed by atoms with Gasteiger partial charge < -0.3 is 5.73 Å². The Balaban J connectivity index is 2.02. The number of nitrogen functional groups attached to an aromatic ring is 1. The van der Waals surface area contributed by atoms with Crippen LogP contribution in [0.3, 0.4) is 0 Å². The Labute approximate surface area is 94.1 Å². The number of benzene rings is 1. The molecule has 0 spiro atoms. The molecule has 2 N–H and O–H groups in total. The van der Waals surface area contributed by atoms with Gasteiger partial charge in [-0.3, -0.25) is 0 Å². The van der Waals surface area contributed by atoms with Crippen LogP contribution in [-0.4, -0.2) is 15.0 Å². The van der Waals surface area contributed by atoms with Gasteiger partial charge in [0.05, 0.1) is 6.04 Å². The SMILES string of the molecule is Cc1ccc(-c2nnn(C3CC3)c2N)cc1. The van der Waals surface area contributed by atoms with Gasteiger partial charge in [-0.15, -0.1) is 5.10 Å². The zero-order valence-corrected chi connectivity index (χ0v) is 9.22. The summed E-state index contributed by atoms with van der Waals surface area (Å²) in [6.45, 7) is 2.06. The van der Waals surface area contributed by atoms with Gasteiger partial charge in [0.15, 0.2) is 5.82 Å². The van der Waals surface area contributed by atoms with E-state index in [1.807, 2.05) is 16.8 Å². The van der Waals surface area contributed by atoms with Gasteiger partial charge in [-0.2, -0.15) is 0 Å². The fourth-order valence-corrected chi connectivity index (χ4v) is 1.81. The lowest BCUT2D eigenvalue weighted by molar-refractivity contribution is 0.619. The molecule has 1 aromatic heterocycles. The van der Waals surface area contributed by atoms with Gasteiger partial charge >= 0.3 is 0 Å². The van der Waals surface area contributed by atoms with Crippen LogP contribution >= 0.6 is 0 Å². The first-order valence-electron chi connectivity index (χ1n) is 5.53. The fourth-order valence-electron chi connectivity index (χ4n) is 1.81. The van der Waals surface area contributed by atoms with Crippen molar-refractivity contribution >= 4 is 5.82 Å². The average Bonchev–Trinajstić information content (AvgIpc) is 3.05. The smallest absolute Gasteiger partial charge is 0.150 e. The molecule has 0 bridgehead atoms. The summed E-state index contributed by atoms with van der Waals surface area (Å²) in [6.07, 6.45) is 2.34. The van der Waals surface area contributed by atoms with Crippen LogP contribution in [0.25, 0.3) is 11.3 Å². The lowest BCUT2D eigenvalue weighted by Gasteiger charge is -2.01. The summed E-state index contributed by atoms with van der Waals surface area (Å²) in [5, 5.41) is 8.28. The van der Waals surface area contributed by atoms with Gasteiger partial charge in [-0.1, -0.05) is 35.0 Å². The van der Waals surface area contributed by atoms with E-state index < -0.39 is 0 Å². The second-order valence-electron chi connectivity index (χ2n) is 4.37. The normalized spacial score (nSPS) is 15.3. The van der Waals surface area contributed by atoms with Crippen molar-refractivity contribution in [2.24, 2.45) is 0 Å². The number of aryl methyl sites for hydroxylation is 1. The topological polar surface area (TPSA) is 56.7 Å². The van der Waals surface area contributed by atoms with Gasteiger partial charge in [0.1, 0.15) is 5.69 Å². The highest BCUT2D eigenvalue weighted by atomic mass is 15.5. The van der Waals surface area contributed by atoms with Crippen LogP contribution in [-0.2, 0) is 0 Å². The van der Waals surface area contributed by atoms with E-state index in [1.165, 1.54) is 18.4 Å². The maximum atomic E-state index is 6.05. The molecule has 16 heavy (non-hydrogen) atoms. The van der Waals surface area contributed by atoms with E-state index in [0.717, 1.165) is 11.3 Å². The molecule has 0 atom stereocenters. The second kappa shape index (κ2) is 3.33. The third kappa shape index (κ3) is 1.46. The van der Waals surface area contributed by atoms with Crippen LogP contribution < -0.4 is 5.73 Å². The second-order valence-corrected chi connectivity index (χ2v) is 4.37. The van der Waals surface area contributed by atoms with Gasteiger partial charge in [0, 0.05) is 5.56 Å². The summed E-state index contributed by atoms with van der Waals surface area (Å²) in [6, 6.07) is 8.67. The zero-order chi connectivity index (χ0) is 11.1. The Bertz CT molecular complexity index is 508. The molecule has 1 saturated carbocycles. The van der Waals surface area contributed by atoms with Crippen molar-refractivity contribution in [2.75, 3.05) is 5.73 Å². The predicted octanol–water partition coefficient (Wildman–Crippen LogP) is 2.17. The lowest BCUT2D eigenvalue weighted by atomic mass is 10.1. The van der Waals surface area contributed by atoms with E-state index in [1.54, 1.807) is 0 Å². The van der Waals surface area contributed by atoms with E-state index in [0.29, 0.717) is 11.9 Å². The summed E-state index contributed by atoms with van der Waals surface area (Å²) in [7, 11) is 0. The van der Waals surface area contributed by atoms with E-state index in [4.69, 9.17) is 5.73 Å². The third-order valence-electron chi connectivity index (χ3n) is 2.95. The van der Waals surface area contributed by atoms with Crippen molar-refractivity contribution in [2.45, 2.75) is 25.8 Å². The molecule has 0 unspecified atom stereocenters. The maximum Gasteiger partial charge on any atom is 0.150 e. The van der Waals surface area contributed by atoms with Gasteiger partial charge in [-0.25, -0.2) is 4.68 Å². The van der Waals surface area contributed by atoms with Crippen molar-refractivity contribution in [1.29, 1.82) is 0 Å². The Morgan fingerprint density at radius 3 is 2.56 bits per heavy atom. The molecule has 2 aromatic rings. The van der Waals surface area contributed by atoms with Crippen molar-refractivity contribution < 1.29 is 0 Å². The highest BCUT2D eigenvalue weighted by Crippen LogP contribution is 2.37. The molecular formula is C12H14N4. The first-order chi connectivity index (χ1) is 7.75. The van der Waals surface area contributed by atoms with Crippen molar-refractivity contribution in [1.82, 2.24) is 15.0 Å². The highest BCUT2D eigenvalue weighted by Gasteiger charge is 2.28. The lowest BCUT2D eigenvalue weighted by Crippen LogP contribution is -2.02. The first kappa shape index (κ1) is 9.39. The number of aromatic nitrogens is 3. The van der Waals surface area contributed by atoms with Crippen molar-refractivity contribution in [3.05, 3.63) is 29.8 Å². The number of anilines is 1. The first-order valence-corrected chi connectivity index (χ1v) is 5.53. The monoisotopic (exact) mass is 214 g/mol. The average molecular weight is 214 g/mol. The molecule has 82 valence electrons. The quantitative estimate of drug-likeness (QED) is 0.833. The molecule has 4 nitrogen and oxygen atoms in total. The summed E-state index contributed by atoms with van der Waals surface area (Å²) in [5.41, 5.74) is 9.12. The van der Waals surface area contributed by atoms with Gasteiger partial charge in [0.25, 0.3) is 0 Å². The molecule has 0 amide bonds. The minimum atomic E-state index is 0.478. The molecule has 0 saturated heterocycles. The molecule has 1 heterocycles. The van der Waals surface area contributed by atoms with Gasteiger partial charge in [-0.05, 0) is 19.8 Å². The highest BCUT2D eigenvalue weighted by molar-refractivity contribution is 5.69. The van der Waals surface area contributed by atoms with E-state index >= 15 is 0 Å². The molecule has 1 aromatic carbocycles. The number of hydrogen-bond donors (Lipinski definition) is 1. The van der Waals surface area contributed by atoms with Crippen LogP contribution in [0, 0.1) is 6.92 Å². The summed E-state index contributed by atoms with van der Waals surface area (Å²) in [5.74, 6) is 0.686. The maximum absolute atomic E-state index is 6.05. The largest absolute Gasteiger partial charge is 0.382 e. The van der Waals surface area contributed by atoms with Crippen LogP contribution in [0.5, 0.6) is 0 Å².